The van der Waals surface area contributed by atoms with Crippen LogP contribution in [0.3, 0.4) is 0 Å². The topological polar surface area (TPSA) is 73.2 Å². The molecule has 0 unspecified atom stereocenters. The van der Waals surface area contributed by atoms with Gasteiger partial charge in [-0.15, -0.1) is 0 Å². The van der Waals surface area contributed by atoms with E-state index in [1.165, 1.54) is 13.2 Å². The fourth-order valence-corrected chi connectivity index (χ4v) is 1.98. The number of ether oxygens (including phenoxy) is 1. The van der Waals surface area contributed by atoms with Crippen LogP contribution in [-0.4, -0.2) is 35.3 Å². The lowest BCUT2D eigenvalue weighted by atomic mass is 10.2. The molecule has 0 radical (unpaired) electrons. The van der Waals surface area contributed by atoms with E-state index in [0.717, 1.165) is 25.1 Å². The minimum absolute atomic E-state index is 0.165. The van der Waals surface area contributed by atoms with Crippen LogP contribution in [0.2, 0.25) is 5.15 Å². The summed E-state index contributed by atoms with van der Waals surface area (Å²) in [5, 5.41) is 7.27. The van der Waals surface area contributed by atoms with E-state index < -0.39 is 11.9 Å². The zero-order valence-electron chi connectivity index (χ0n) is 12.5. The SMILES string of the molecule is CCCCn1nc(C)c(/C=C/C(=O)NCC(=O)OC)c1Cl. The van der Waals surface area contributed by atoms with Crippen molar-refractivity contribution in [1.82, 2.24) is 15.1 Å². The molecule has 1 amide bonds. The van der Waals surface area contributed by atoms with Crippen LogP contribution >= 0.6 is 11.6 Å². The zero-order chi connectivity index (χ0) is 15.8. The minimum atomic E-state index is -0.502. The maximum atomic E-state index is 11.6. The molecule has 1 heterocycles. The smallest absolute Gasteiger partial charge is 0.325 e. The van der Waals surface area contributed by atoms with Gasteiger partial charge in [0, 0.05) is 18.2 Å². The Bertz CT molecular complexity index is 538. The summed E-state index contributed by atoms with van der Waals surface area (Å²) in [6.45, 7) is 4.51. The number of methoxy groups -OCH3 is 1. The summed E-state index contributed by atoms with van der Waals surface area (Å²) in [5.41, 5.74) is 1.47. The zero-order valence-corrected chi connectivity index (χ0v) is 13.2. The van der Waals surface area contributed by atoms with Crippen molar-refractivity contribution in [2.45, 2.75) is 33.2 Å². The number of halogens is 1. The van der Waals surface area contributed by atoms with E-state index in [9.17, 15) is 9.59 Å². The van der Waals surface area contributed by atoms with Crippen LogP contribution in [0.25, 0.3) is 6.08 Å². The van der Waals surface area contributed by atoms with Crippen LogP contribution in [0.5, 0.6) is 0 Å². The number of aryl methyl sites for hydroxylation is 2. The number of carbonyl (C=O) groups excluding carboxylic acids is 2. The molecule has 6 nitrogen and oxygen atoms in total. The number of aromatic nitrogens is 2. The summed E-state index contributed by atoms with van der Waals surface area (Å²) >= 11 is 6.24. The molecule has 0 atom stereocenters. The first-order valence-corrected chi connectivity index (χ1v) is 7.13. The summed E-state index contributed by atoms with van der Waals surface area (Å²) in [5.74, 6) is -0.893. The third-order valence-corrected chi connectivity index (χ3v) is 3.27. The van der Waals surface area contributed by atoms with Crippen LogP contribution in [0.1, 0.15) is 31.0 Å². The number of rotatable bonds is 7. The first kappa shape index (κ1) is 17.2. The molecule has 0 spiro atoms. The largest absolute Gasteiger partial charge is 0.468 e. The second kappa shape index (κ2) is 8.46. The van der Waals surface area contributed by atoms with Gasteiger partial charge in [-0.05, 0) is 19.4 Å². The molecular formula is C14H20ClN3O3. The highest BCUT2D eigenvalue weighted by Crippen LogP contribution is 2.21. The average Bonchev–Trinajstić information content (AvgIpc) is 2.74. The third-order valence-electron chi connectivity index (χ3n) is 2.87. The molecule has 0 saturated carbocycles. The van der Waals surface area contributed by atoms with E-state index in [4.69, 9.17) is 11.6 Å². The normalized spacial score (nSPS) is 10.9. The summed E-state index contributed by atoms with van der Waals surface area (Å²) < 4.78 is 6.16. The standard InChI is InChI=1S/C14H20ClN3O3/c1-4-5-8-18-14(15)11(10(2)17-18)6-7-12(19)16-9-13(20)21-3/h6-7H,4-5,8-9H2,1-3H3,(H,16,19)/b7-6+. The van der Waals surface area contributed by atoms with Crippen molar-refractivity contribution in [3.8, 4) is 0 Å². The molecule has 1 N–H and O–H groups in total. The van der Waals surface area contributed by atoms with Gasteiger partial charge in [-0.2, -0.15) is 5.10 Å². The highest BCUT2D eigenvalue weighted by Gasteiger charge is 2.11. The lowest BCUT2D eigenvalue weighted by molar-refractivity contribution is -0.140. The molecule has 0 aromatic carbocycles. The van der Waals surface area contributed by atoms with Crippen LogP contribution in [0.15, 0.2) is 6.08 Å². The molecule has 0 aliphatic carbocycles. The van der Waals surface area contributed by atoms with Gasteiger partial charge in [-0.1, -0.05) is 24.9 Å². The van der Waals surface area contributed by atoms with E-state index >= 15 is 0 Å². The van der Waals surface area contributed by atoms with Gasteiger partial charge in [-0.25, -0.2) is 0 Å². The Morgan fingerprint density at radius 3 is 2.81 bits per heavy atom. The maximum Gasteiger partial charge on any atom is 0.325 e. The summed E-state index contributed by atoms with van der Waals surface area (Å²) in [6, 6.07) is 0. The van der Waals surface area contributed by atoms with Crippen molar-refractivity contribution in [3.05, 3.63) is 22.5 Å². The predicted octanol–water partition coefficient (Wildman–Crippen LogP) is 1.95. The highest BCUT2D eigenvalue weighted by atomic mass is 35.5. The van der Waals surface area contributed by atoms with E-state index in [0.29, 0.717) is 10.7 Å². The number of amides is 1. The fraction of sp³-hybridized carbons (Fsp3) is 0.500. The molecular weight excluding hydrogens is 294 g/mol. The molecule has 1 rings (SSSR count). The van der Waals surface area contributed by atoms with Crippen molar-refractivity contribution >= 4 is 29.6 Å². The fourth-order valence-electron chi connectivity index (χ4n) is 1.66. The number of nitrogens with zero attached hydrogens (tertiary/aromatic N) is 2. The van der Waals surface area contributed by atoms with Gasteiger partial charge < -0.3 is 10.1 Å². The lowest BCUT2D eigenvalue weighted by Gasteiger charge is -2.01. The maximum absolute atomic E-state index is 11.6. The van der Waals surface area contributed by atoms with Gasteiger partial charge in [0.1, 0.15) is 11.7 Å². The van der Waals surface area contributed by atoms with Gasteiger partial charge in [0.05, 0.1) is 12.8 Å². The molecule has 0 aliphatic heterocycles. The van der Waals surface area contributed by atoms with Crippen LogP contribution in [-0.2, 0) is 20.9 Å². The first-order valence-electron chi connectivity index (χ1n) is 6.75. The summed E-state index contributed by atoms with van der Waals surface area (Å²) in [4.78, 5) is 22.5. The Labute approximate surface area is 129 Å². The summed E-state index contributed by atoms with van der Waals surface area (Å²) in [7, 11) is 1.26. The van der Waals surface area contributed by atoms with Crippen LogP contribution in [0, 0.1) is 6.92 Å². The van der Waals surface area contributed by atoms with Gasteiger partial charge in [-0.3, -0.25) is 14.3 Å². The number of hydrogen-bond acceptors (Lipinski definition) is 4. The minimum Gasteiger partial charge on any atom is -0.468 e. The van der Waals surface area contributed by atoms with Crippen LogP contribution in [0.4, 0.5) is 0 Å². The Morgan fingerprint density at radius 1 is 1.48 bits per heavy atom. The first-order chi connectivity index (χ1) is 9.99. The van der Waals surface area contributed by atoms with Crippen molar-refractivity contribution in [3.63, 3.8) is 0 Å². The molecule has 0 saturated heterocycles. The van der Waals surface area contributed by atoms with Crippen molar-refractivity contribution < 1.29 is 14.3 Å². The molecule has 1 aromatic heterocycles. The van der Waals surface area contributed by atoms with Gasteiger partial charge in [0.15, 0.2) is 0 Å². The van der Waals surface area contributed by atoms with Gasteiger partial charge >= 0.3 is 5.97 Å². The molecule has 0 fully saturated rings. The average molecular weight is 314 g/mol. The Balaban J connectivity index is 2.69. The Morgan fingerprint density at radius 2 is 2.19 bits per heavy atom. The lowest BCUT2D eigenvalue weighted by Crippen LogP contribution is -2.28. The van der Waals surface area contributed by atoms with Gasteiger partial charge in [0.25, 0.3) is 0 Å². The molecule has 21 heavy (non-hydrogen) atoms. The van der Waals surface area contributed by atoms with Crippen molar-refractivity contribution in [2.24, 2.45) is 0 Å². The van der Waals surface area contributed by atoms with E-state index in [1.54, 1.807) is 10.8 Å². The number of hydrogen-bond donors (Lipinski definition) is 1. The molecule has 0 bridgehead atoms. The highest BCUT2D eigenvalue weighted by molar-refractivity contribution is 6.31. The number of esters is 1. The number of nitrogens with one attached hydrogen (secondary N) is 1. The Hall–Kier alpha value is -1.82. The summed E-state index contributed by atoms with van der Waals surface area (Å²) in [6.07, 6.45) is 4.96. The number of unbranched alkanes of at least 4 members (excludes halogenated alkanes) is 1. The second-order valence-corrected chi connectivity index (χ2v) is 4.85. The molecule has 7 heteroatoms. The van der Waals surface area contributed by atoms with E-state index in [1.807, 2.05) is 6.92 Å². The molecule has 0 aliphatic rings. The quantitative estimate of drug-likeness (QED) is 0.617. The van der Waals surface area contributed by atoms with Crippen molar-refractivity contribution in [2.75, 3.05) is 13.7 Å². The monoisotopic (exact) mass is 313 g/mol. The van der Waals surface area contributed by atoms with E-state index in [2.05, 4.69) is 22.1 Å². The van der Waals surface area contributed by atoms with Crippen LogP contribution < -0.4 is 5.32 Å². The molecule has 1 aromatic rings. The Kier molecular flexibility index (Phi) is 6.94. The second-order valence-electron chi connectivity index (χ2n) is 4.49. The van der Waals surface area contributed by atoms with Crippen molar-refractivity contribution in [1.29, 1.82) is 0 Å². The van der Waals surface area contributed by atoms with Gasteiger partial charge in [0.2, 0.25) is 5.91 Å². The number of carbonyl (C=O) groups is 2. The predicted molar refractivity (Wildman–Crippen MR) is 80.9 cm³/mol. The third kappa shape index (κ3) is 5.23. The molecule has 116 valence electrons. The van der Waals surface area contributed by atoms with E-state index in [-0.39, 0.29) is 6.54 Å².